The van der Waals surface area contributed by atoms with Crippen molar-refractivity contribution in [3.05, 3.63) is 63.6 Å². The number of benzene rings is 2. The molecular weight excluding hydrogens is 399 g/mol. The van der Waals surface area contributed by atoms with Crippen molar-refractivity contribution in [1.29, 1.82) is 0 Å². The van der Waals surface area contributed by atoms with E-state index in [-0.39, 0.29) is 24.3 Å². The van der Waals surface area contributed by atoms with E-state index >= 15 is 0 Å². The summed E-state index contributed by atoms with van der Waals surface area (Å²) >= 11 is 12.0. The number of rotatable bonds is 7. The molecule has 0 saturated carbocycles. The van der Waals surface area contributed by atoms with Crippen LogP contribution in [-0.4, -0.2) is 31.1 Å². The highest BCUT2D eigenvalue weighted by Crippen LogP contribution is 2.22. The first-order valence-electron chi connectivity index (χ1n) is 9.25. The number of aryl methyl sites for hydroxylation is 1. The van der Waals surface area contributed by atoms with Crippen LogP contribution in [0.5, 0.6) is 0 Å². The van der Waals surface area contributed by atoms with Crippen LogP contribution in [0.25, 0.3) is 0 Å². The van der Waals surface area contributed by atoms with E-state index in [0.717, 1.165) is 25.0 Å². The van der Waals surface area contributed by atoms with E-state index in [1.807, 2.05) is 6.07 Å². The Kier molecular flexibility index (Phi) is 7.31. The van der Waals surface area contributed by atoms with E-state index in [1.54, 1.807) is 36.4 Å². The van der Waals surface area contributed by atoms with Gasteiger partial charge in [0, 0.05) is 29.6 Å². The smallest absolute Gasteiger partial charge is 0.253 e. The molecule has 0 spiro atoms. The van der Waals surface area contributed by atoms with E-state index < -0.39 is 0 Å². The Balaban J connectivity index is 1.57. The quantitative estimate of drug-likeness (QED) is 0.693. The van der Waals surface area contributed by atoms with Crippen molar-refractivity contribution < 1.29 is 14.3 Å². The first kappa shape index (κ1) is 20.6. The zero-order chi connectivity index (χ0) is 19.9. The topological polar surface area (TPSA) is 67.4 Å². The van der Waals surface area contributed by atoms with Gasteiger partial charge < -0.3 is 15.4 Å². The molecule has 2 aromatic rings. The number of hydrogen-bond donors (Lipinski definition) is 2. The summed E-state index contributed by atoms with van der Waals surface area (Å²) in [5, 5.41) is 6.79. The van der Waals surface area contributed by atoms with Gasteiger partial charge in [-0.15, -0.1) is 0 Å². The number of amides is 2. The summed E-state index contributed by atoms with van der Waals surface area (Å²) in [6.07, 6.45) is 2.76. The zero-order valence-electron chi connectivity index (χ0n) is 15.3. The summed E-state index contributed by atoms with van der Waals surface area (Å²) in [5.41, 5.74) is 1.77. The molecule has 3 rings (SSSR count). The number of ether oxygens (including phenoxy) is 1. The van der Waals surface area contributed by atoms with Crippen LogP contribution >= 0.6 is 23.2 Å². The van der Waals surface area contributed by atoms with Crippen LogP contribution in [0.15, 0.2) is 42.5 Å². The van der Waals surface area contributed by atoms with Gasteiger partial charge in [0.15, 0.2) is 0 Å². The molecule has 0 aliphatic carbocycles. The van der Waals surface area contributed by atoms with Gasteiger partial charge in [-0.05, 0) is 49.1 Å². The van der Waals surface area contributed by atoms with Gasteiger partial charge in [-0.3, -0.25) is 9.59 Å². The Hall–Kier alpha value is -2.08. The van der Waals surface area contributed by atoms with Gasteiger partial charge in [-0.25, -0.2) is 0 Å². The summed E-state index contributed by atoms with van der Waals surface area (Å²) in [5.74, 6) is -0.419. The molecule has 1 fully saturated rings. The number of carbonyl (C=O) groups is 2. The second-order valence-electron chi connectivity index (χ2n) is 6.67. The van der Waals surface area contributed by atoms with Gasteiger partial charge in [0.05, 0.1) is 17.4 Å². The Bertz CT molecular complexity index is 851. The summed E-state index contributed by atoms with van der Waals surface area (Å²) in [7, 11) is 0. The van der Waals surface area contributed by atoms with Gasteiger partial charge >= 0.3 is 0 Å². The fourth-order valence-electron chi connectivity index (χ4n) is 3.08. The van der Waals surface area contributed by atoms with E-state index in [0.29, 0.717) is 34.3 Å². The van der Waals surface area contributed by atoms with Crippen molar-refractivity contribution in [2.45, 2.75) is 31.8 Å². The van der Waals surface area contributed by atoms with Gasteiger partial charge in [0.25, 0.3) is 5.91 Å². The van der Waals surface area contributed by atoms with Gasteiger partial charge in [-0.1, -0.05) is 41.4 Å². The minimum atomic E-state index is -0.229. The van der Waals surface area contributed by atoms with E-state index in [9.17, 15) is 9.59 Å². The molecule has 1 atom stereocenters. The fraction of sp³-hybridized carbons (Fsp3) is 0.333. The second-order valence-corrected chi connectivity index (χ2v) is 7.52. The van der Waals surface area contributed by atoms with Gasteiger partial charge in [0.1, 0.15) is 0 Å². The largest absolute Gasteiger partial charge is 0.376 e. The first-order chi connectivity index (χ1) is 13.5. The summed E-state index contributed by atoms with van der Waals surface area (Å²) in [6, 6.07) is 12.2. The molecule has 1 aliphatic heterocycles. The molecule has 2 amide bonds. The lowest BCUT2D eigenvalue weighted by molar-refractivity contribution is -0.116. The van der Waals surface area contributed by atoms with Crippen molar-refractivity contribution in [1.82, 2.24) is 5.32 Å². The Labute approximate surface area is 174 Å². The fourth-order valence-corrected chi connectivity index (χ4v) is 3.59. The number of anilines is 1. The minimum absolute atomic E-state index is 0.0647. The lowest BCUT2D eigenvalue weighted by atomic mass is 10.1. The van der Waals surface area contributed by atoms with Crippen LogP contribution < -0.4 is 10.6 Å². The lowest BCUT2D eigenvalue weighted by Crippen LogP contribution is -2.32. The van der Waals surface area contributed by atoms with Crippen molar-refractivity contribution in [3.8, 4) is 0 Å². The van der Waals surface area contributed by atoms with Crippen LogP contribution in [0.2, 0.25) is 10.0 Å². The highest BCUT2D eigenvalue weighted by Gasteiger charge is 2.18. The standard InChI is InChI=1S/C21H22Cl2N2O3/c22-15-9-7-14(18(23)12-15)8-10-20(26)25-19-6-2-1-5-17(19)21(27)24-13-16-4-3-11-28-16/h1-2,5-7,9,12,16H,3-4,8,10-11,13H2,(H,24,27)(H,25,26)/t16-/m1/s1. The monoisotopic (exact) mass is 420 g/mol. The molecule has 1 saturated heterocycles. The SMILES string of the molecule is O=C(CCc1ccc(Cl)cc1Cl)Nc1ccccc1C(=O)NC[C@H]1CCCO1. The highest BCUT2D eigenvalue weighted by molar-refractivity contribution is 6.35. The molecule has 148 valence electrons. The normalized spacial score (nSPS) is 16.0. The van der Waals surface area contributed by atoms with Gasteiger partial charge in [-0.2, -0.15) is 0 Å². The molecule has 0 aromatic heterocycles. The zero-order valence-corrected chi connectivity index (χ0v) is 16.9. The third-order valence-corrected chi connectivity index (χ3v) is 5.18. The third-order valence-electron chi connectivity index (χ3n) is 4.60. The molecule has 1 aliphatic rings. The average Bonchev–Trinajstić information content (AvgIpc) is 3.19. The average molecular weight is 421 g/mol. The molecule has 0 unspecified atom stereocenters. The van der Waals surface area contributed by atoms with Crippen molar-refractivity contribution in [3.63, 3.8) is 0 Å². The van der Waals surface area contributed by atoms with E-state index in [1.165, 1.54) is 0 Å². The maximum absolute atomic E-state index is 12.5. The highest BCUT2D eigenvalue weighted by atomic mass is 35.5. The molecule has 0 radical (unpaired) electrons. The molecule has 0 bridgehead atoms. The second kappa shape index (κ2) is 9.92. The number of para-hydroxylation sites is 1. The van der Waals surface area contributed by atoms with Crippen LogP contribution in [0.1, 0.15) is 35.2 Å². The molecule has 1 heterocycles. The molecule has 7 heteroatoms. The van der Waals surface area contributed by atoms with Crippen LogP contribution in [-0.2, 0) is 16.0 Å². The summed E-state index contributed by atoms with van der Waals surface area (Å²) in [6.45, 7) is 1.21. The van der Waals surface area contributed by atoms with E-state index in [4.69, 9.17) is 27.9 Å². The van der Waals surface area contributed by atoms with Crippen molar-refractivity contribution in [2.75, 3.05) is 18.5 Å². The minimum Gasteiger partial charge on any atom is -0.376 e. The first-order valence-corrected chi connectivity index (χ1v) is 10.0. The van der Waals surface area contributed by atoms with Crippen LogP contribution in [0, 0.1) is 0 Å². The third kappa shape index (κ3) is 5.71. The summed E-state index contributed by atoms with van der Waals surface area (Å²) < 4.78 is 5.52. The van der Waals surface area contributed by atoms with Crippen molar-refractivity contribution >= 4 is 40.7 Å². The Morgan fingerprint density at radius 3 is 2.71 bits per heavy atom. The predicted molar refractivity (Wildman–Crippen MR) is 111 cm³/mol. The van der Waals surface area contributed by atoms with E-state index in [2.05, 4.69) is 10.6 Å². The Morgan fingerprint density at radius 1 is 1.14 bits per heavy atom. The number of halogens is 2. The molecule has 5 nitrogen and oxygen atoms in total. The predicted octanol–water partition coefficient (Wildman–Crippen LogP) is 4.47. The lowest BCUT2D eigenvalue weighted by Gasteiger charge is -2.14. The number of carbonyl (C=O) groups excluding carboxylic acids is 2. The maximum Gasteiger partial charge on any atom is 0.253 e. The molecular formula is C21H22Cl2N2O3. The maximum atomic E-state index is 12.5. The van der Waals surface area contributed by atoms with Crippen molar-refractivity contribution in [2.24, 2.45) is 0 Å². The van der Waals surface area contributed by atoms with Gasteiger partial charge in [0.2, 0.25) is 5.91 Å². The van der Waals surface area contributed by atoms with Crippen LogP contribution in [0.3, 0.4) is 0 Å². The Morgan fingerprint density at radius 2 is 1.96 bits per heavy atom. The summed E-state index contributed by atoms with van der Waals surface area (Å²) in [4.78, 5) is 24.9. The molecule has 2 aromatic carbocycles. The number of hydrogen-bond acceptors (Lipinski definition) is 3. The molecule has 2 N–H and O–H groups in total. The number of nitrogens with one attached hydrogen (secondary N) is 2. The molecule has 28 heavy (non-hydrogen) atoms. The van der Waals surface area contributed by atoms with Crippen LogP contribution in [0.4, 0.5) is 5.69 Å².